The zero-order valence-corrected chi connectivity index (χ0v) is 14.8. The van der Waals surface area contributed by atoms with Crippen LogP contribution in [0.1, 0.15) is 43.4 Å². The van der Waals surface area contributed by atoms with Gasteiger partial charge in [0.2, 0.25) is 0 Å². The minimum atomic E-state index is -1.26. The van der Waals surface area contributed by atoms with E-state index in [-0.39, 0.29) is 12.6 Å². The third-order valence-electron chi connectivity index (χ3n) is 4.10. The second-order valence-corrected chi connectivity index (χ2v) is 6.15. The summed E-state index contributed by atoms with van der Waals surface area (Å²) in [6.07, 6.45) is 1.68. The van der Waals surface area contributed by atoms with Gasteiger partial charge in [-0.05, 0) is 49.9 Å². The van der Waals surface area contributed by atoms with Gasteiger partial charge < -0.3 is 20.2 Å². The number of anilines is 1. The first-order valence-electron chi connectivity index (χ1n) is 8.32. The lowest BCUT2D eigenvalue weighted by molar-refractivity contribution is 0.0364. The molecule has 0 saturated heterocycles. The van der Waals surface area contributed by atoms with Crippen LogP contribution in [0.25, 0.3) is 0 Å². The van der Waals surface area contributed by atoms with Crippen LogP contribution in [-0.4, -0.2) is 17.7 Å². The smallest absolute Gasteiger partial charge is 0.319 e. The number of rotatable bonds is 6. The zero-order chi connectivity index (χ0) is 17.7. The molecule has 0 fully saturated rings. The fraction of sp³-hybridized carbons (Fsp3) is 0.421. The maximum absolute atomic E-state index is 12.3. The summed E-state index contributed by atoms with van der Waals surface area (Å²) in [6.45, 7) is 7.60. The molecule has 1 aromatic carbocycles. The van der Waals surface area contributed by atoms with E-state index in [1.807, 2.05) is 25.1 Å². The molecule has 1 unspecified atom stereocenters. The van der Waals surface area contributed by atoms with Crippen LogP contribution in [0.5, 0.6) is 0 Å². The summed E-state index contributed by atoms with van der Waals surface area (Å²) < 4.78 is 5.45. The van der Waals surface area contributed by atoms with Crippen molar-refractivity contribution in [3.05, 3.63) is 53.0 Å². The SMILES string of the molecule is CCc1cccc(CC)c1NC(=O)NCC(C)(O)c1ccc(C)o1. The molecule has 0 spiro atoms. The summed E-state index contributed by atoms with van der Waals surface area (Å²) >= 11 is 0. The monoisotopic (exact) mass is 330 g/mol. The average Bonchev–Trinajstić information content (AvgIpc) is 3.00. The Bertz CT molecular complexity index is 682. The maximum atomic E-state index is 12.3. The minimum absolute atomic E-state index is 0.0571. The Balaban J connectivity index is 2.04. The molecule has 0 saturated carbocycles. The molecule has 130 valence electrons. The van der Waals surface area contributed by atoms with Gasteiger partial charge in [-0.15, -0.1) is 0 Å². The van der Waals surface area contributed by atoms with E-state index in [1.165, 1.54) is 0 Å². The normalized spacial score (nSPS) is 13.4. The van der Waals surface area contributed by atoms with Crippen LogP contribution in [0.3, 0.4) is 0 Å². The summed E-state index contributed by atoms with van der Waals surface area (Å²) in [4.78, 5) is 12.3. The highest BCUT2D eigenvalue weighted by atomic mass is 16.4. The van der Waals surface area contributed by atoms with Gasteiger partial charge in [-0.2, -0.15) is 0 Å². The summed E-state index contributed by atoms with van der Waals surface area (Å²) in [5, 5.41) is 16.1. The van der Waals surface area contributed by atoms with Gasteiger partial charge in [-0.1, -0.05) is 32.0 Å². The van der Waals surface area contributed by atoms with Crippen molar-refractivity contribution >= 4 is 11.7 Å². The quantitative estimate of drug-likeness (QED) is 0.755. The summed E-state index contributed by atoms with van der Waals surface area (Å²) in [5.74, 6) is 1.16. The first kappa shape index (κ1) is 18.1. The number of hydrogen-bond acceptors (Lipinski definition) is 3. The number of carbonyl (C=O) groups is 1. The number of amides is 2. The lowest BCUT2D eigenvalue weighted by atomic mass is 10.0. The van der Waals surface area contributed by atoms with Gasteiger partial charge in [0.1, 0.15) is 17.1 Å². The van der Waals surface area contributed by atoms with Gasteiger partial charge in [0.25, 0.3) is 0 Å². The van der Waals surface area contributed by atoms with Crippen molar-refractivity contribution in [3.63, 3.8) is 0 Å². The number of nitrogens with one attached hydrogen (secondary N) is 2. The van der Waals surface area contributed by atoms with Crippen LogP contribution in [0.4, 0.5) is 10.5 Å². The van der Waals surface area contributed by atoms with Crippen molar-refractivity contribution in [1.82, 2.24) is 5.32 Å². The Labute approximate surface area is 143 Å². The first-order chi connectivity index (χ1) is 11.4. The molecular weight excluding hydrogens is 304 g/mol. The maximum Gasteiger partial charge on any atom is 0.319 e. The number of para-hydroxylation sites is 1. The topological polar surface area (TPSA) is 74.5 Å². The van der Waals surface area contributed by atoms with Crippen LogP contribution in [0.2, 0.25) is 0 Å². The predicted molar refractivity (Wildman–Crippen MR) is 95.2 cm³/mol. The van der Waals surface area contributed by atoms with E-state index in [0.717, 1.165) is 35.4 Å². The van der Waals surface area contributed by atoms with Gasteiger partial charge in [0.05, 0.1) is 6.54 Å². The van der Waals surface area contributed by atoms with E-state index in [4.69, 9.17) is 4.42 Å². The average molecular weight is 330 g/mol. The van der Waals surface area contributed by atoms with Gasteiger partial charge in [0, 0.05) is 5.69 Å². The molecule has 3 N–H and O–H groups in total. The van der Waals surface area contributed by atoms with Crippen LogP contribution in [0.15, 0.2) is 34.7 Å². The van der Waals surface area contributed by atoms with Gasteiger partial charge in [-0.3, -0.25) is 0 Å². The Hall–Kier alpha value is -2.27. The van der Waals surface area contributed by atoms with E-state index in [9.17, 15) is 9.90 Å². The Morgan fingerprint density at radius 1 is 1.17 bits per heavy atom. The van der Waals surface area contributed by atoms with Crippen molar-refractivity contribution < 1.29 is 14.3 Å². The summed E-state index contributed by atoms with van der Waals surface area (Å²) in [7, 11) is 0. The van der Waals surface area contributed by atoms with Crippen LogP contribution >= 0.6 is 0 Å². The molecule has 0 aliphatic rings. The van der Waals surface area contributed by atoms with Crippen molar-refractivity contribution in [1.29, 1.82) is 0 Å². The number of carbonyl (C=O) groups excluding carboxylic acids is 1. The van der Waals surface area contributed by atoms with Crippen molar-refractivity contribution in [2.75, 3.05) is 11.9 Å². The highest BCUT2D eigenvalue weighted by Gasteiger charge is 2.27. The van der Waals surface area contributed by atoms with Crippen LogP contribution < -0.4 is 10.6 Å². The fourth-order valence-electron chi connectivity index (χ4n) is 2.62. The molecule has 24 heavy (non-hydrogen) atoms. The number of hydrogen-bond donors (Lipinski definition) is 3. The second kappa shape index (κ2) is 7.53. The molecular formula is C19H26N2O3. The van der Waals surface area contributed by atoms with E-state index < -0.39 is 5.60 Å². The molecule has 1 atom stereocenters. The molecule has 5 heteroatoms. The number of aliphatic hydroxyl groups is 1. The van der Waals surface area contributed by atoms with Gasteiger partial charge >= 0.3 is 6.03 Å². The molecule has 2 amide bonds. The van der Waals surface area contributed by atoms with E-state index in [2.05, 4.69) is 24.5 Å². The highest BCUT2D eigenvalue weighted by Crippen LogP contribution is 2.24. The van der Waals surface area contributed by atoms with Crippen molar-refractivity contribution in [2.24, 2.45) is 0 Å². The number of urea groups is 1. The third-order valence-corrected chi connectivity index (χ3v) is 4.10. The predicted octanol–water partition coefficient (Wildman–Crippen LogP) is 3.74. The molecule has 0 aliphatic carbocycles. The van der Waals surface area contributed by atoms with E-state index in [0.29, 0.717) is 5.76 Å². The highest BCUT2D eigenvalue weighted by molar-refractivity contribution is 5.91. The van der Waals surface area contributed by atoms with Crippen LogP contribution in [0, 0.1) is 6.92 Å². The molecule has 1 heterocycles. The Kier molecular flexibility index (Phi) is 5.67. The lowest BCUT2D eigenvalue weighted by Gasteiger charge is -2.22. The summed E-state index contributed by atoms with van der Waals surface area (Å²) in [5.41, 5.74) is 1.79. The third kappa shape index (κ3) is 4.17. The number of aryl methyl sites for hydroxylation is 3. The van der Waals surface area contributed by atoms with Crippen molar-refractivity contribution in [2.45, 2.75) is 46.1 Å². The van der Waals surface area contributed by atoms with Crippen LogP contribution in [-0.2, 0) is 18.4 Å². The lowest BCUT2D eigenvalue weighted by Crippen LogP contribution is -2.40. The first-order valence-corrected chi connectivity index (χ1v) is 8.32. The Morgan fingerprint density at radius 2 is 1.79 bits per heavy atom. The van der Waals surface area contributed by atoms with E-state index >= 15 is 0 Å². The Morgan fingerprint density at radius 3 is 2.29 bits per heavy atom. The minimum Gasteiger partial charge on any atom is -0.463 e. The summed E-state index contributed by atoms with van der Waals surface area (Å²) in [6, 6.07) is 9.19. The molecule has 1 aromatic heterocycles. The zero-order valence-electron chi connectivity index (χ0n) is 14.8. The van der Waals surface area contributed by atoms with Gasteiger partial charge in [0.15, 0.2) is 0 Å². The van der Waals surface area contributed by atoms with Crippen molar-refractivity contribution in [3.8, 4) is 0 Å². The fourth-order valence-corrected chi connectivity index (χ4v) is 2.62. The molecule has 2 rings (SSSR count). The molecule has 0 aliphatic heterocycles. The number of furan rings is 1. The van der Waals surface area contributed by atoms with Gasteiger partial charge in [-0.25, -0.2) is 4.79 Å². The largest absolute Gasteiger partial charge is 0.463 e. The molecule has 5 nitrogen and oxygen atoms in total. The molecule has 0 radical (unpaired) electrons. The standard InChI is InChI=1S/C19H26N2O3/c1-5-14-8-7-9-15(6-2)17(14)21-18(22)20-12-19(4,23)16-11-10-13(3)24-16/h7-11,23H,5-6,12H2,1-4H3,(H2,20,21,22). The molecule has 2 aromatic rings. The second-order valence-electron chi connectivity index (χ2n) is 6.15. The van der Waals surface area contributed by atoms with E-state index in [1.54, 1.807) is 19.1 Å². The molecule has 0 bridgehead atoms. The number of benzene rings is 1.